The third-order valence-electron chi connectivity index (χ3n) is 1.63. The van der Waals surface area contributed by atoms with Crippen LogP contribution in [-0.2, 0) is 13.2 Å². The third-order valence-corrected chi connectivity index (χ3v) is 2.38. The predicted octanol–water partition coefficient (Wildman–Crippen LogP) is 1.57. The number of aliphatic hydroxyl groups is 2. The van der Waals surface area contributed by atoms with Gasteiger partial charge in [0.1, 0.15) is 5.82 Å². The van der Waals surface area contributed by atoms with Gasteiger partial charge in [-0.15, -0.1) is 0 Å². The molecule has 0 fully saturated rings. The highest BCUT2D eigenvalue weighted by atomic mass is 79.9. The maximum atomic E-state index is 12.9. The van der Waals surface area contributed by atoms with Gasteiger partial charge in [0.2, 0.25) is 0 Å². The zero-order chi connectivity index (χ0) is 9.14. The fourth-order valence-electron chi connectivity index (χ4n) is 0.978. The van der Waals surface area contributed by atoms with E-state index in [4.69, 9.17) is 10.2 Å². The van der Waals surface area contributed by atoms with Crippen molar-refractivity contribution in [2.75, 3.05) is 0 Å². The molecular formula is C8H8BrFO2. The van der Waals surface area contributed by atoms with Crippen molar-refractivity contribution < 1.29 is 14.6 Å². The van der Waals surface area contributed by atoms with Crippen LogP contribution < -0.4 is 0 Å². The molecule has 0 amide bonds. The van der Waals surface area contributed by atoms with Gasteiger partial charge in [-0.2, -0.15) is 0 Å². The monoisotopic (exact) mass is 234 g/mol. The molecule has 0 saturated heterocycles. The summed E-state index contributed by atoms with van der Waals surface area (Å²) in [5.41, 5.74) is 0.546. The van der Waals surface area contributed by atoms with Gasteiger partial charge in [0.15, 0.2) is 0 Å². The second kappa shape index (κ2) is 3.98. The smallest absolute Gasteiger partial charge is 0.129 e. The number of hydrogen-bond acceptors (Lipinski definition) is 2. The molecule has 1 rings (SSSR count). The molecular weight excluding hydrogens is 227 g/mol. The lowest BCUT2D eigenvalue weighted by Gasteiger charge is -2.07. The quantitative estimate of drug-likeness (QED) is 0.816. The molecule has 0 aliphatic carbocycles. The molecule has 1 aromatic rings. The second-order valence-electron chi connectivity index (χ2n) is 2.30. The first-order valence-corrected chi connectivity index (χ1v) is 4.17. The Balaban J connectivity index is 3.28. The second-order valence-corrected chi connectivity index (χ2v) is 3.16. The summed E-state index contributed by atoms with van der Waals surface area (Å²) in [7, 11) is 0. The summed E-state index contributed by atoms with van der Waals surface area (Å²) in [6.07, 6.45) is 0. The van der Waals surface area contributed by atoms with Crippen molar-refractivity contribution in [2.24, 2.45) is 0 Å². The van der Waals surface area contributed by atoms with Gasteiger partial charge in [-0.25, -0.2) is 4.39 Å². The summed E-state index contributed by atoms with van der Waals surface area (Å²) in [5, 5.41) is 17.6. The zero-order valence-electron chi connectivity index (χ0n) is 6.22. The summed E-state index contributed by atoms with van der Waals surface area (Å²) in [6, 6.07) is 2.74. The van der Waals surface area contributed by atoms with E-state index in [0.29, 0.717) is 10.0 Å². The van der Waals surface area contributed by atoms with Crippen LogP contribution >= 0.6 is 15.9 Å². The molecule has 0 aliphatic heterocycles. The minimum absolute atomic E-state index is 0.145. The molecule has 2 nitrogen and oxygen atoms in total. The zero-order valence-corrected chi connectivity index (χ0v) is 7.81. The van der Waals surface area contributed by atoms with Crippen molar-refractivity contribution in [3.63, 3.8) is 0 Å². The van der Waals surface area contributed by atoms with Crippen molar-refractivity contribution in [2.45, 2.75) is 13.2 Å². The molecule has 1 aromatic carbocycles. The van der Waals surface area contributed by atoms with Crippen molar-refractivity contribution in [1.29, 1.82) is 0 Å². The number of aliphatic hydroxyl groups excluding tert-OH is 2. The van der Waals surface area contributed by atoms with Crippen molar-refractivity contribution in [3.05, 3.63) is 33.5 Å². The summed E-state index contributed by atoms with van der Waals surface area (Å²) in [4.78, 5) is 0. The highest BCUT2D eigenvalue weighted by molar-refractivity contribution is 9.10. The maximum Gasteiger partial charge on any atom is 0.129 e. The van der Waals surface area contributed by atoms with E-state index >= 15 is 0 Å². The molecule has 0 saturated carbocycles. The van der Waals surface area contributed by atoms with Gasteiger partial charge in [-0.05, 0) is 12.1 Å². The Morgan fingerprint density at radius 3 is 2.17 bits per heavy atom. The third kappa shape index (κ3) is 1.65. The summed E-state index contributed by atoms with van der Waals surface area (Å²) < 4.78 is 13.5. The molecule has 0 spiro atoms. The Kier molecular flexibility index (Phi) is 3.20. The van der Waals surface area contributed by atoms with E-state index in [1.165, 1.54) is 12.1 Å². The number of rotatable bonds is 2. The highest BCUT2D eigenvalue weighted by Crippen LogP contribution is 2.23. The van der Waals surface area contributed by atoms with E-state index in [1.807, 2.05) is 0 Å². The first kappa shape index (κ1) is 9.64. The normalized spacial score (nSPS) is 10.3. The maximum absolute atomic E-state index is 12.9. The molecule has 0 bridgehead atoms. The van der Waals surface area contributed by atoms with Gasteiger partial charge in [0, 0.05) is 15.6 Å². The molecule has 0 heterocycles. The van der Waals surface area contributed by atoms with Crippen LogP contribution in [-0.4, -0.2) is 10.2 Å². The van der Waals surface area contributed by atoms with Crippen LogP contribution in [0, 0.1) is 5.82 Å². The molecule has 4 heteroatoms. The van der Waals surface area contributed by atoms with Crippen molar-refractivity contribution >= 4 is 15.9 Å². The molecule has 66 valence electrons. The SMILES string of the molecule is OCc1c(F)ccc(Br)c1CO. The molecule has 12 heavy (non-hydrogen) atoms. The number of halogens is 2. The van der Waals surface area contributed by atoms with Gasteiger partial charge in [0.25, 0.3) is 0 Å². The number of benzene rings is 1. The average Bonchev–Trinajstić information content (AvgIpc) is 2.08. The highest BCUT2D eigenvalue weighted by Gasteiger charge is 2.09. The van der Waals surface area contributed by atoms with Crippen LogP contribution in [0.5, 0.6) is 0 Å². The Morgan fingerprint density at radius 2 is 1.75 bits per heavy atom. The van der Waals surface area contributed by atoms with Crippen LogP contribution in [0.15, 0.2) is 16.6 Å². The van der Waals surface area contributed by atoms with E-state index < -0.39 is 12.4 Å². The van der Waals surface area contributed by atoms with E-state index in [9.17, 15) is 4.39 Å². The van der Waals surface area contributed by atoms with Crippen molar-refractivity contribution in [3.8, 4) is 0 Å². The Hall–Kier alpha value is -0.450. The Morgan fingerprint density at radius 1 is 1.17 bits per heavy atom. The van der Waals surface area contributed by atoms with Gasteiger partial charge in [0.05, 0.1) is 13.2 Å². The largest absolute Gasteiger partial charge is 0.392 e. The van der Waals surface area contributed by atoms with Crippen LogP contribution in [0.2, 0.25) is 0 Å². The van der Waals surface area contributed by atoms with Gasteiger partial charge in [-0.1, -0.05) is 15.9 Å². The molecule has 2 N–H and O–H groups in total. The summed E-state index contributed by atoms with van der Waals surface area (Å²) in [5.74, 6) is -0.496. The first-order valence-electron chi connectivity index (χ1n) is 3.38. The topological polar surface area (TPSA) is 40.5 Å². The average molecular weight is 235 g/mol. The molecule has 0 aromatic heterocycles. The fourth-order valence-corrected chi connectivity index (χ4v) is 1.47. The van der Waals surface area contributed by atoms with E-state index in [2.05, 4.69) is 15.9 Å². The standard InChI is InChI=1S/C8H8BrFO2/c9-7-1-2-8(10)6(4-12)5(7)3-11/h1-2,11-12H,3-4H2. The lowest BCUT2D eigenvalue weighted by atomic mass is 10.1. The summed E-state index contributed by atoms with van der Waals surface area (Å²) in [6.45, 7) is -0.685. The Bertz CT molecular complexity index is 260. The van der Waals surface area contributed by atoms with E-state index in [1.54, 1.807) is 0 Å². The fraction of sp³-hybridized carbons (Fsp3) is 0.250. The van der Waals surface area contributed by atoms with Crippen molar-refractivity contribution in [1.82, 2.24) is 0 Å². The van der Waals surface area contributed by atoms with Crippen LogP contribution in [0.3, 0.4) is 0 Å². The van der Waals surface area contributed by atoms with E-state index in [0.717, 1.165) is 0 Å². The molecule has 0 aliphatic rings. The van der Waals surface area contributed by atoms with Gasteiger partial charge < -0.3 is 10.2 Å². The van der Waals surface area contributed by atoms with Gasteiger partial charge in [-0.3, -0.25) is 0 Å². The minimum Gasteiger partial charge on any atom is -0.392 e. The lowest BCUT2D eigenvalue weighted by Crippen LogP contribution is -1.99. The van der Waals surface area contributed by atoms with Crippen LogP contribution in [0.4, 0.5) is 4.39 Å². The van der Waals surface area contributed by atoms with Crippen LogP contribution in [0.1, 0.15) is 11.1 Å². The molecule has 0 radical (unpaired) electrons. The Labute approximate surface area is 77.8 Å². The first-order chi connectivity index (χ1) is 5.70. The lowest BCUT2D eigenvalue weighted by molar-refractivity contribution is 0.254. The molecule has 0 atom stereocenters. The van der Waals surface area contributed by atoms with Gasteiger partial charge >= 0.3 is 0 Å². The van der Waals surface area contributed by atoms with Crippen LogP contribution in [0.25, 0.3) is 0 Å². The molecule has 0 unspecified atom stereocenters. The number of hydrogen-bond donors (Lipinski definition) is 2. The predicted molar refractivity (Wildman–Crippen MR) is 45.9 cm³/mol. The van der Waals surface area contributed by atoms with E-state index in [-0.39, 0.29) is 12.2 Å². The summed E-state index contributed by atoms with van der Waals surface area (Å²) >= 11 is 3.14. The minimum atomic E-state index is -0.496.